The second kappa shape index (κ2) is 10.00. The zero-order chi connectivity index (χ0) is 19.1. The molecular weight excluding hydrogens is 338 g/mol. The van der Waals surface area contributed by atoms with Gasteiger partial charge in [0, 0.05) is 6.42 Å². The summed E-state index contributed by atoms with van der Waals surface area (Å²) in [6.07, 6.45) is 2.64. The van der Waals surface area contributed by atoms with Crippen LogP contribution in [0.5, 0.6) is 0 Å². The predicted octanol–water partition coefficient (Wildman–Crippen LogP) is 1.89. The van der Waals surface area contributed by atoms with E-state index >= 15 is 0 Å². The van der Waals surface area contributed by atoms with Gasteiger partial charge in [0.15, 0.2) is 0 Å². The van der Waals surface area contributed by atoms with Crippen molar-refractivity contribution in [2.45, 2.75) is 44.4 Å². The van der Waals surface area contributed by atoms with Crippen molar-refractivity contribution in [3.05, 3.63) is 71.3 Å². The van der Waals surface area contributed by atoms with Gasteiger partial charge in [0.25, 0.3) is 0 Å². The second-order valence-electron chi connectivity index (χ2n) is 7.68. The summed E-state index contributed by atoms with van der Waals surface area (Å²) in [7, 11) is 0. The number of rotatable bonds is 8. The number of aliphatic hydroxyl groups is 2. The number of aliphatic hydroxyl groups excluding tert-OH is 2. The van der Waals surface area contributed by atoms with Crippen LogP contribution in [0.3, 0.4) is 0 Å². The maximum atomic E-state index is 10.6. The van der Waals surface area contributed by atoms with E-state index in [1.165, 1.54) is 16.9 Å². The molecule has 0 amide bonds. The minimum Gasteiger partial charge on any atom is -0.390 e. The fourth-order valence-electron chi connectivity index (χ4n) is 3.96. The van der Waals surface area contributed by atoms with E-state index in [0.29, 0.717) is 6.54 Å². The molecule has 1 saturated heterocycles. The zero-order valence-corrected chi connectivity index (χ0v) is 16.2. The van der Waals surface area contributed by atoms with Crippen LogP contribution in [0.2, 0.25) is 0 Å². The first-order valence-corrected chi connectivity index (χ1v) is 10.0. The van der Waals surface area contributed by atoms with E-state index in [1.807, 2.05) is 18.2 Å². The first kappa shape index (κ1) is 20.0. The molecule has 0 bridgehead atoms. The van der Waals surface area contributed by atoms with Gasteiger partial charge in [0.05, 0.1) is 19.8 Å². The van der Waals surface area contributed by atoms with E-state index in [1.54, 1.807) is 0 Å². The highest BCUT2D eigenvalue weighted by atomic mass is 16.5. The van der Waals surface area contributed by atoms with Crippen molar-refractivity contribution in [2.75, 3.05) is 26.3 Å². The number of ether oxygens (including phenoxy) is 1. The molecule has 0 aromatic heterocycles. The molecule has 0 radical (unpaired) electrons. The van der Waals surface area contributed by atoms with Crippen molar-refractivity contribution in [3.63, 3.8) is 0 Å². The maximum absolute atomic E-state index is 10.6. The van der Waals surface area contributed by atoms with Crippen molar-refractivity contribution in [1.29, 1.82) is 0 Å². The van der Waals surface area contributed by atoms with Gasteiger partial charge in [-0.2, -0.15) is 0 Å². The number of hydrogen-bond donors (Lipinski definition) is 3. The van der Waals surface area contributed by atoms with E-state index in [0.717, 1.165) is 30.5 Å². The van der Waals surface area contributed by atoms with Gasteiger partial charge in [0.2, 0.25) is 0 Å². The molecular formula is C23H32NO3+. The summed E-state index contributed by atoms with van der Waals surface area (Å²) in [6.45, 7) is 4.20. The van der Waals surface area contributed by atoms with Gasteiger partial charge in [0.1, 0.15) is 24.8 Å². The summed E-state index contributed by atoms with van der Waals surface area (Å²) in [4.78, 5) is 1.30. The highest BCUT2D eigenvalue weighted by Gasteiger charge is 2.28. The molecule has 4 atom stereocenters. The molecule has 1 unspecified atom stereocenters. The smallest absolute Gasteiger partial charge is 0.126 e. The normalized spacial score (nSPS) is 22.3. The molecule has 4 nitrogen and oxygen atoms in total. The third kappa shape index (κ3) is 5.63. The molecule has 27 heavy (non-hydrogen) atoms. The Labute approximate surface area is 162 Å². The molecule has 1 aliphatic heterocycles. The quantitative estimate of drug-likeness (QED) is 0.665. The molecule has 1 aliphatic rings. The number of nitrogens with one attached hydrogen (secondary N) is 1. The SMILES string of the molecule is Cc1ccc([C@@H](OC[C@@H](O)C[NH+]2CCCC[C@@H]2CO)c2ccccc2)cc1. The third-order valence-corrected chi connectivity index (χ3v) is 5.53. The van der Waals surface area contributed by atoms with Gasteiger partial charge < -0.3 is 19.8 Å². The molecule has 2 aromatic carbocycles. The van der Waals surface area contributed by atoms with Gasteiger partial charge in [-0.15, -0.1) is 0 Å². The molecule has 2 aromatic rings. The van der Waals surface area contributed by atoms with Crippen LogP contribution in [-0.2, 0) is 4.74 Å². The Morgan fingerprint density at radius 2 is 1.74 bits per heavy atom. The van der Waals surface area contributed by atoms with Gasteiger partial charge in [-0.3, -0.25) is 0 Å². The Balaban J connectivity index is 1.64. The van der Waals surface area contributed by atoms with Crippen LogP contribution in [0, 0.1) is 6.92 Å². The van der Waals surface area contributed by atoms with Crippen LogP contribution >= 0.6 is 0 Å². The van der Waals surface area contributed by atoms with Gasteiger partial charge in [-0.1, -0.05) is 60.2 Å². The monoisotopic (exact) mass is 370 g/mol. The second-order valence-corrected chi connectivity index (χ2v) is 7.68. The molecule has 1 heterocycles. The van der Waals surface area contributed by atoms with E-state index in [9.17, 15) is 10.2 Å². The average molecular weight is 371 g/mol. The summed E-state index contributed by atoms with van der Waals surface area (Å²) in [5, 5.41) is 20.2. The summed E-state index contributed by atoms with van der Waals surface area (Å²) in [6, 6.07) is 18.8. The fourth-order valence-corrected chi connectivity index (χ4v) is 3.96. The highest BCUT2D eigenvalue weighted by Crippen LogP contribution is 2.26. The molecule has 3 rings (SSSR count). The summed E-state index contributed by atoms with van der Waals surface area (Å²) in [5.74, 6) is 0. The molecule has 0 saturated carbocycles. The van der Waals surface area contributed by atoms with Crippen LogP contribution in [0.25, 0.3) is 0 Å². The number of piperidine rings is 1. The Kier molecular flexibility index (Phi) is 7.41. The van der Waals surface area contributed by atoms with E-state index < -0.39 is 6.10 Å². The first-order valence-electron chi connectivity index (χ1n) is 10.0. The van der Waals surface area contributed by atoms with E-state index in [2.05, 4.69) is 43.3 Å². The lowest BCUT2D eigenvalue weighted by molar-refractivity contribution is -0.934. The zero-order valence-electron chi connectivity index (χ0n) is 16.2. The van der Waals surface area contributed by atoms with Gasteiger partial charge >= 0.3 is 0 Å². The number of benzene rings is 2. The number of hydrogen-bond acceptors (Lipinski definition) is 3. The van der Waals surface area contributed by atoms with Crippen LogP contribution in [-0.4, -0.2) is 48.7 Å². The number of likely N-dealkylation sites (tertiary alicyclic amines) is 1. The fraction of sp³-hybridized carbons (Fsp3) is 0.478. The molecule has 1 fully saturated rings. The topological polar surface area (TPSA) is 54.1 Å². The van der Waals surface area contributed by atoms with Gasteiger partial charge in [-0.25, -0.2) is 0 Å². The molecule has 0 spiro atoms. The number of quaternary nitrogens is 1. The maximum Gasteiger partial charge on any atom is 0.126 e. The molecule has 146 valence electrons. The van der Waals surface area contributed by atoms with Crippen LogP contribution in [0.15, 0.2) is 54.6 Å². The summed E-state index contributed by atoms with van der Waals surface area (Å²) in [5.41, 5.74) is 3.40. The average Bonchev–Trinajstić information content (AvgIpc) is 2.70. The van der Waals surface area contributed by atoms with Crippen LogP contribution in [0.1, 0.15) is 42.1 Å². The largest absolute Gasteiger partial charge is 0.390 e. The van der Waals surface area contributed by atoms with Crippen molar-refractivity contribution < 1.29 is 19.8 Å². The minimum absolute atomic E-state index is 0.188. The van der Waals surface area contributed by atoms with Crippen molar-refractivity contribution in [2.24, 2.45) is 0 Å². The lowest BCUT2D eigenvalue weighted by Crippen LogP contribution is -3.18. The third-order valence-electron chi connectivity index (χ3n) is 5.53. The standard InChI is InChI=1S/C23H31NO3/c1-18-10-12-20(13-11-18)23(19-7-3-2-4-8-19)27-17-22(26)15-24-14-6-5-9-21(24)16-25/h2-4,7-8,10-13,21-23,25-26H,5-6,9,14-17H2,1H3/p+1/t21-,22+,23+/m1/s1. The van der Waals surface area contributed by atoms with Crippen molar-refractivity contribution >= 4 is 0 Å². The molecule has 4 heteroatoms. The lowest BCUT2D eigenvalue weighted by Gasteiger charge is -2.33. The lowest BCUT2D eigenvalue weighted by atomic mass is 10.0. The van der Waals surface area contributed by atoms with Gasteiger partial charge in [-0.05, 0) is 30.9 Å². The Hall–Kier alpha value is -1.72. The number of aryl methyl sites for hydroxylation is 1. The Morgan fingerprint density at radius 1 is 1.04 bits per heavy atom. The van der Waals surface area contributed by atoms with Crippen molar-refractivity contribution in [1.82, 2.24) is 0 Å². The highest BCUT2D eigenvalue weighted by molar-refractivity contribution is 5.31. The van der Waals surface area contributed by atoms with E-state index in [-0.39, 0.29) is 25.4 Å². The minimum atomic E-state index is -0.538. The van der Waals surface area contributed by atoms with E-state index in [4.69, 9.17) is 4.74 Å². The van der Waals surface area contributed by atoms with Crippen LogP contribution in [0.4, 0.5) is 0 Å². The van der Waals surface area contributed by atoms with Crippen molar-refractivity contribution in [3.8, 4) is 0 Å². The molecule has 0 aliphatic carbocycles. The molecule has 3 N–H and O–H groups in total. The Bertz CT molecular complexity index is 674. The summed E-state index contributed by atoms with van der Waals surface area (Å²) < 4.78 is 6.20. The van der Waals surface area contributed by atoms with Crippen LogP contribution < -0.4 is 4.90 Å². The summed E-state index contributed by atoms with van der Waals surface area (Å²) >= 11 is 0. The Morgan fingerprint density at radius 3 is 2.44 bits per heavy atom. The predicted molar refractivity (Wildman–Crippen MR) is 107 cm³/mol. The first-order chi connectivity index (χ1) is 13.2.